The van der Waals surface area contributed by atoms with E-state index in [0.717, 1.165) is 0 Å². The van der Waals surface area contributed by atoms with Gasteiger partial charge in [0.1, 0.15) is 0 Å². The van der Waals surface area contributed by atoms with Crippen LogP contribution in [0.5, 0.6) is 5.75 Å². The van der Waals surface area contributed by atoms with Crippen LogP contribution in [0.2, 0.25) is 0 Å². The molecule has 0 saturated heterocycles. The van der Waals surface area contributed by atoms with E-state index in [1.54, 1.807) is 0 Å². The Labute approximate surface area is 109 Å². The number of benzene rings is 1. The predicted octanol–water partition coefficient (Wildman–Crippen LogP) is 3.39. The fourth-order valence-electron chi connectivity index (χ4n) is 1.50. The SMILES string of the molecule is CC(C)(CN)CCCOc1c(F)c(F)cc(F)c1F. The predicted molar refractivity (Wildman–Crippen MR) is 63.8 cm³/mol. The Morgan fingerprint density at radius 3 is 2.11 bits per heavy atom. The zero-order chi connectivity index (χ0) is 14.6. The molecule has 1 rings (SSSR count). The number of rotatable bonds is 6. The van der Waals surface area contributed by atoms with E-state index in [9.17, 15) is 17.6 Å². The summed E-state index contributed by atoms with van der Waals surface area (Å²) >= 11 is 0. The first-order valence-electron chi connectivity index (χ1n) is 5.94. The van der Waals surface area contributed by atoms with E-state index in [1.807, 2.05) is 13.8 Å². The standard InChI is InChI=1S/C13H17F4NO/c1-13(2,7-18)4-3-5-19-12-10(16)8(14)6-9(15)11(12)17/h6H,3-5,7,18H2,1-2H3. The van der Waals surface area contributed by atoms with Crippen molar-refractivity contribution in [2.45, 2.75) is 26.7 Å². The van der Waals surface area contributed by atoms with Crippen LogP contribution in [0, 0.1) is 28.7 Å². The van der Waals surface area contributed by atoms with Crippen molar-refractivity contribution in [3.63, 3.8) is 0 Å². The Morgan fingerprint density at radius 1 is 1.11 bits per heavy atom. The molecule has 1 aromatic rings. The smallest absolute Gasteiger partial charge is 0.203 e. The second-order valence-electron chi connectivity index (χ2n) is 5.12. The van der Waals surface area contributed by atoms with Crippen LogP contribution in [0.15, 0.2) is 6.07 Å². The topological polar surface area (TPSA) is 35.2 Å². The van der Waals surface area contributed by atoms with E-state index in [4.69, 9.17) is 10.5 Å². The second kappa shape index (κ2) is 6.23. The van der Waals surface area contributed by atoms with Gasteiger partial charge in [-0.05, 0) is 24.8 Å². The Kier molecular flexibility index (Phi) is 5.17. The number of nitrogens with two attached hydrogens (primary N) is 1. The molecule has 0 aliphatic carbocycles. The van der Waals surface area contributed by atoms with Gasteiger partial charge in [-0.3, -0.25) is 0 Å². The third kappa shape index (κ3) is 4.09. The van der Waals surface area contributed by atoms with Crippen molar-refractivity contribution < 1.29 is 22.3 Å². The lowest BCUT2D eigenvalue weighted by molar-refractivity contribution is 0.238. The molecule has 0 spiro atoms. The lowest BCUT2D eigenvalue weighted by atomic mass is 9.88. The molecule has 2 nitrogen and oxygen atoms in total. The molecule has 0 fully saturated rings. The number of hydrogen-bond donors (Lipinski definition) is 1. The molecule has 19 heavy (non-hydrogen) atoms. The van der Waals surface area contributed by atoms with Gasteiger partial charge in [0.25, 0.3) is 0 Å². The molecular weight excluding hydrogens is 262 g/mol. The summed E-state index contributed by atoms with van der Waals surface area (Å²) in [4.78, 5) is 0. The van der Waals surface area contributed by atoms with Crippen LogP contribution in [0.25, 0.3) is 0 Å². The van der Waals surface area contributed by atoms with Gasteiger partial charge in [0.2, 0.25) is 11.6 Å². The van der Waals surface area contributed by atoms with Gasteiger partial charge in [-0.1, -0.05) is 13.8 Å². The average Bonchev–Trinajstić information content (AvgIpc) is 2.35. The Balaban J connectivity index is 2.64. The minimum Gasteiger partial charge on any atom is -0.487 e. The highest BCUT2D eigenvalue weighted by molar-refractivity contribution is 5.28. The third-order valence-electron chi connectivity index (χ3n) is 2.87. The first-order valence-corrected chi connectivity index (χ1v) is 5.94. The van der Waals surface area contributed by atoms with Crippen molar-refractivity contribution in [1.82, 2.24) is 0 Å². The van der Waals surface area contributed by atoms with Crippen LogP contribution in [0.4, 0.5) is 17.6 Å². The van der Waals surface area contributed by atoms with Crippen molar-refractivity contribution in [2.75, 3.05) is 13.2 Å². The highest BCUT2D eigenvalue weighted by Gasteiger charge is 2.21. The van der Waals surface area contributed by atoms with Gasteiger partial charge in [0.15, 0.2) is 17.4 Å². The van der Waals surface area contributed by atoms with Gasteiger partial charge < -0.3 is 10.5 Å². The minimum absolute atomic E-state index is 0.0415. The summed E-state index contributed by atoms with van der Waals surface area (Å²) in [5, 5.41) is 0. The lowest BCUT2D eigenvalue weighted by Gasteiger charge is -2.22. The summed E-state index contributed by atoms with van der Waals surface area (Å²) in [7, 11) is 0. The summed E-state index contributed by atoms with van der Waals surface area (Å²) < 4.78 is 57.1. The van der Waals surface area contributed by atoms with Gasteiger partial charge in [0, 0.05) is 6.07 Å². The van der Waals surface area contributed by atoms with Crippen LogP contribution >= 0.6 is 0 Å². The van der Waals surface area contributed by atoms with Gasteiger partial charge in [-0.25, -0.2) is 8.78 Å². The summed E-state index contributed by atoms with van der Waals surface area (Å²) in [6, 6.07) is 0.148. The van der Waals surface area contributed by atoms with Crippen molar-refractivity contribution in [2.24, 2.45) is 11.1 Å². The Bertz CT molecular complexity index is 423. The summed E-state index contributed by atoms with van der Waals surface area (Å²) in [5.41, 5.74) is 5.41. The second-order valence-corrected chi connectivity index (χ2v) is 5.12. The van der Waals surface area contributed by atoms with Gasteiger partial charge in [-0.15, -0.1) is 0 Å². The maximum atomic E-state index is 13.2. The molecule has 2 N–H and O–H groups in total. The maximum Gasteiger partial charge on any atom is 0.203 e. The third-order valence-corrected chi connectivity index (χ3v) is 2.87. The van der Waals surface area contributed by atoms with Crippen LogP contribution in [0.1, 0.15) is 26.7 Å². The van der Waals surface area contributed by atoms with Crippen molar-refractivity contribution >= 4 is 0 Å². The molecule has 0 aliphatic rings. The zero-order valence-electron chi connectivity index (χ0n) is 10.9. The normalized spacial score (nSPS) is 11.7. The van der Waals surface area contributed by atoms with Crippen molar-refractivity contribution in [3.05, 3.63) is 29.3 Å². The molecular formula is C13H17F4NO. The molecule has 0 heterocycles. The fraction of sp³-hybridized carbons (Fsp3) is 0.538. The molecule has 0 atom stereocenters. The van der Waals surface area contributed by atoms with Crippen LogP contribution < -0.4 is 10.5 Å². The van der Waals surface area contributed by atoms with E-state index >= 15 is 0 Å². The van der Waals surface area contributed by atoms with E-state index in [1.165, 1.54) is 0 Å². The minimum atomic E-state index is -1.52. The van der Waals surface area contributed by atoms with Gasteiger partial charge >= 0.3 is 0 Å². The Morgan fingerprint density at radius 2 is 1.63 bits per heavy atom. The number of hydrogen-bond acceptors (Lipinski definition) is 2. The van der Waals surface area contributed by atoms with E-state index < -0.39 is 29.0 Å². The molecule has 108 valence electrons. The summed E-state index contributed by atoms with van der Waals surface area (Å²) in [5.74, 6) is -7.00. The number of ether oxygens (including phenoxy) is 1. The van der Waals surface area contributed by atoms with Crippen LogP contribution in [-0.2, 0) is 0 Å². The molecule has 0 amide bonds. The molecule has 6 heteroatoms. The molecule has 0 radical (unpaired) electrons. The molecule has 0 aromatic heterocycles. The first-order chi connectivity index (χ1) is 8.78. The largest absolute Gasteiger partial charge is 0.487 e. The summed E-state index contributed by atoms with van der Waals surface area (Å²) in [6.45, 7) is 4.30. The van der Waals surface area contributed by atoms with Gasteiger partial charge in [-0.2, -0.15) is 8.78 Å². The highest BCUT2D eigenvalue weighted by Crippen LogP contribution is 2.27. The van der Waals surface area contributed by atoms with Crippen LogP contribution in [0.3, 0.4) is 0 Å². The maximum absolute atomic E-state index is 13.2. The molecule has 0 saturated carbocycles. The quantitative estimate of drug-likeness (QED) is 0.492. The summed E-state index contributed by atoms with van der Waals surface area (Å²) in [6.07, 6.45) is 1.14. The molecule has 0 bridgehead atoms. The van der Waals surface area contributed by atoms with E-state index in [-0.39, 0.29) is 18.1 Å². The van der Waals surface area contributed by atoms with E-state index in [2.05, 4.69) is 0 Å². The molecule has 1 aromatic carbocycles. The van der Waals surface area contributed by atoms with Crippen LogP contribution in [-0.4, -0.2) is 13.2 Å². The number of halogens is 4. The first kappa shape index (κ1) is 15.8. The fourth-order valence-corrected chi connectivity index (χ4v) is 1.50. The molecule has 0 aliphatic heterocycles. The van der Waals surface area contributed by atoms with Crippen molar-refractivity contribution in [3.8, 4) is 5.75 Å². The monoisotopic (exact) mass is 279 g/mol. The lowest BCUT2D eigenvalue weighted by Crippen LogP contribution is -2.24. The highest BCUT2D eigenvalue weighted by atomic mass is 19.2. The van der Waals surface area contributed by atoms with Gasteiger partial charge in [0.05, 0.1) is 6.61 Å². The molecule has 0 unspecified atom stereocenters. The zero-order valence-corrected chi connectivity index (χ0v) is 10.9. The average molecular weight is 279 g/mol. The Hall–Kier alpha value is -1.30. The van der Waals surface area contributed by atoms with Crippen molar-refractivity contribution in [1.29, 1.82) is 0 Å². The van der Waals surface area contributed by atoms with E-state index in [0.29, 0.717) is 19.4 Å².